The Hall–Kier alpha value is -3.97. The summed E-state index contributed by atoms with van der Waals surface area (Å²) in [5.74, 6) is 0.346. The van der Waals surface area contributed by atoms with Gasteiger partial charge in [0.15, 0.2) is 11.6 Å². The number of fused-ring (bicyclic) bond motifs is 4. The minimum atomic E-state index is -4.46. The SMILES string of the molecule is CC1(C)OC[C@H](COc2cncc(NC(=O)C3C[C@H]4CN3C3=CN=C(c5cccc(C(F)(F)F)c5)NC3=N4)c2)O1. The van der Waals surface area contributed by atoms with Crippen LogP contribution in [0.3, 0.4) is 0 Å². The quantitative estimate of drug-likeness (QED) is 0.562. The average Bonchev–Trinajstić information content (AvgIpc) is 3.45. The normalized spacial score (nSPS) is 24.9. The summed E-state index contributed by atoms with van der Waals surface area (Å²) in [6, 6.07) is 5.97. The Balaban J connectivity index is 1.13. The van der Waals surface area contributed by atoms with Gasteiger partial charge in [0.25, 0.3) is 0 Å². The highest BCUT2D eigenvalue weighted by Gasteiger charge is 2.43. The van der Waals surface area contributed by atoms with Crippen LogP contribution in [0.15, 0.2) is 64.6 Å². The number of aromatic nitrogens is 1. The molecule has 2 aromatic rings. The highest BCUT2D eigenvalue weighted by atomic mass is 19.4. The van der Waals surface area contributed by atoms with E-state index < -0.39 is 23.6 Å². The number of ether oxygens (including phenoxy) is 3. The van der Waals surface area contributed by atoms with Gasteiger partial charge in [-0.25, -0.2) is 4.99 Å². The van der Waals surface area contributed by atoms with E-state index in [9.17, 15) is 18.0 Å². The smallest absolute Gasteiger partial charge is 0.416 e. The van der Waals surface area contributed by atoms with Gasteiger partial charge in [0.05, 0.1) is 48.2 Å². The highest BCUT2D eigenvalue weighted by molar-refractivity contribution is 6.17. The van der Waals surface area contributed by atoms with E-state index in [1.165, 1.54) is 12.3 Å². The highest BCUT2D eigenvalue weighted by Crippen LogP contribution is 2.33. The van der Waals surface area contributed by atoms with Crippen molar-refractivity contribution in [3.05, 3.63) is 65.7 Å². The summed E-state index contributed by atoms with van der Waals surface area (Å²) >= 11 is 0. The number of alkyl halides is 3. The van der Waals surface area contributed by atoms with Crippen LogP contribution in [0.25, 0.3) is 0 Å². The van der Waals surface area contributed by atoms with E-state index in [1.54, 1.807) is 24.5 Å². The van der Waals surface area contributed by atoms with Crippen LogP contribution < -0.4 is 15.4 Å². The number of rotatable bonds is 6. The van der Waals surface area contributed by atoms with Crippen LogP contribution in [0.5, 0.6) is 5.75 Å². The maximum Gasteiger partial charge on any atom is 0.416 e. The molecule has 6 rings (SSSR count). The Morgan fingerprint density at radius 1 is 1.25 bits per heavy atom. The number of benzene rings is 1. The van der Waals surface area contributed by atoms with Gasteiger partial charge in [-0.1, -0.05) is 12.1 Å². The summed E-state index contributed by atoms with van der Waals surface area (Å²) in [7, 11) is 0. The molecular weight excluding hydrogens is 529 g/mol. The second-order valence-electron chi connectivity index (χ2n) is 10.4. The van der Waals surface area contributed by atoms with Gasteiger partial charge in [-0.05, 0) is 26.0 Å². The number of amides is 1. The molecule has 3 atom stereocenters. The van der Waals surface area contributed by atoms with E-state index >= 15 is 0 Å². The molecule has 2 bridgehead atoms. The first-order chi connectivity index (χ1) is 19.0. The van der Waals surface area contributed by atoms with E-state index in [2.05, 4.69) is 20.6 Å². The van der Waals surface area contributed by atoms with Gasteiger partial charge in [-0.3, -0.25) is 14.8 Å². The molecule has 0 saturated carbocycles. The fraction of sp³-hybridized carbons (Fsp3) is 0.407. The Morgan fingerprint density at radius 2 is 2.10 bits per heavy atom. The first-order valence-corrected chi connectivity index (χ1v) is 12.8. The fourth-order valence-electron chi connectivity index (χ4n) is 5.12. The zero-order valence-electron chi connectivity index (χ0n) is 21.7. The maximum atomic E-state index is 13.3. The minimum absolute atomic E-state index is 0.151. The fourth-order valence-corrected chi connectivity index (χ4v) is 5.12. The van der Waals surface area contributed by atoms with Crippen LogP contribution in [-0.2, 0) is 20.4 Å². The minimum Gasteiger partial charge on any atom is -0.489 e. The zero-order valence-corrected chi connectivity index (χ0v) is 21.7. The molecule has 5 heterocycles. The maximum absolute atomic E-state index is 13.3. The molecule has 2 fully saturated rings. The Morgan fingerprint density at radius 3 is 2.88 bits per heavy atom. The second kappa shape index (κ2) is 9.89. The van der Waals surface area contributed by atoms with Crippen LogP contribution in [0, 0.1) is 0 Å². The number of nitrogens with one attached hydrogen (secondary N) is 2. The van der Waals surface area contributed by atoms with Crippen molar-refractivity contribution in [2.45, 2.75) is 50.4 Å². The molecular formula is C27H27F3N6O4. The summed E-state index contributed by atoms with van der Waals surface area (Å²) in [5.41, 5.74) is 0.627. The molecule has 1 amide bonds. The van der Waals surface area contributed by atoms with E-state index in [0.717, 1.165) is 12.1 Å². The summed E-state index contributed by atoms with van der Waals surface area (Å²) in [5, 5.41) is 5.96. The molecule has 40 heavy (non-hydrogen) atoms. The molecule has 1 aromatic carbocycles. The number of anilines is 1. The second-order valence-corrected chi connectivity index (χ2v) is 10.4. The summed E-state index contributed by atoms with van der Waals surface area (Å²) < 4.78 is 56.6. The third-order valence-corrected chi connectivity index (χ3v) is 6.95. The van der Waals surface area contributed by atoms with E-state index in [-0.39, 0.29) is 30.5 Å². The Labute approximate surface area is 227 Å². The van der Waals surface area contributed by atoms with Crippen LogP contribution in [0.2, 0.25) is 0 Å². The van der Waals surface area contributed by atoms with E-state index in [0.29, 0.717) is 48.1 Å². The molecule has 210 valence electrons. The molecule has 10 nitrogen and oxygen atoms in total. The number of carbonyl (C=O) groups excluding carboxylic acids is 1. The Kier molecular flexibility index (Phi) is 6.50. The summed E-state index contributed by atoms with van der Waals surface area (Å²) in [4.78, 5) is 28.4. The third kappa shape index (κ3) is 5.39. The number of halogens is 3. The topological polar surface area (TPSA) is 110 Å². The van der Waals surface area contributed by atoms with Crippen LogP contribution in [-0.4, -0.2) is 71.2 Å². The average molecular weight is 557 g/mol. The molecule has 0 spiro atoms. The molecule has 13 heteroatoms. The van der Waals surface area contributed by atoms with Crippen LogP contribution in [0.1, 0.15) is 31.4 Å². The molecule has 2 N–H and O–H groups in total. The first-order valence-electron chi connectivity index (χ1n) is 12.8. The number of hydrogen-bond donors (Lipinski definition) is 2. The molecule has 1 unspecified atom stereocenters. The van der Waals surface area contributed by atoms with Gasteiger partial charge < -0.3 is 29.7 Å². The molecule has 1 aromatic heterocycles. The zero-order chi connectivity index (χ0) is 28.1. The summed E-state index contributed by atoms with van der Waals surface area (Å²) in [6.07, 6.45) is 0.444. The summed E-state index contributed by atoms with van der Waals surface area (Å²) in [6.45, 7) is 4.92. The van der Waals surface area contributed by atoms with Crippen molar-refractivity contribution < 1.29 is 32.2 Å². The lowest BCUT2D eigenvalue weighted by Gasteiger charge is -2.32. The number of pyridine rings is 1. The number of amidine groups is 2. The molecule has 2 saturated heterocycles. The van der Waals surface area contributed by atoms with Crippen molar-refractivity contribution in [1.82, 2.24) is 15.2 Å². The van der Waals surface area contributed by atoms with Gasteiger partial charge in [0.1, 0.15) is 30.3 Å². The van der Waals surface area contributed by atoms with Gasteiger partial charge in [0.2, 0.25) is 5.91 Å². The number of carbonyl (C=O) groups is 1. The predicted molar refractivity (Wildman–Crippen MR) is 139 cm³/mol. The van der Waals surface area contributed by atoms with Crippen molar-refractivity contribution in [2.75, 3.05) is 25.1 Å². The van der Waals surface area contributed by atoms with Crippen molar-refractivity contribution in [1.29, 1.82) is 0 Å². The monoisotopic (exact) mass is 556 g/mol. The van der Waals surface area contributed by atoms with Crippen LogP contribution in [0.4, 0.5) is 18.9 Å². The van der Waals surface area contributed by atoms with Gasteiger partial charge in [0, 0.05) is 24.6 Å². The van der Waals surface area contributed by atoms with Crippen LogP contribution >= 0.6 is 0 Å². The number of hydrogen-bond acceptors (Lipinski definition) is 9. The van der Waals surface area contributed by atoms with E-state index in [4.69, 9.17) is 19.2 Å². The van der Waals surface area contributed by atoms with Gasteiger partial charge in [-0.15, -0.1) is 0 Å². The first kappa shape index (κ1) is 26.3. The lowest BCUT2D eigenvalue weighted by atomic mass is 10.1. The number of aliphatic imine (C=N–C) groups is 2. The number of nitrogens with zero attached hydrogens (tertiary/aromatic N) is 4. The molecule has 0 radical (unpaired) electrons. The molecule has 4 aliphatic rings. The van der Waals surface area contributed by atoms with Gasteiger partial charge in [-0.2, -0.15) is 13.2 Å². The lowest BCUT2D eigenvalue weighted by molar-refractivity contribution is -0.141. The van der Waals surface area contributed by atoms with Crippen molar-refractivity contribution in [2.24, 2.45) is 9.98 Å². The van der Waals surface area contributed by atoms with Crippen molar-refractivity contribution in [3.63, 3.8) is 0 Å². The molecule has 4 aliphatic heterocycles. The Bertz CT molecular complexity index is 1420. The van der Waals surface area contributed by atoms with Crippen molar-refractivity contribution in [3.8, 4) is 5.75 Å². The predicted octanol–water partition coefficient (Wildman–Crippen LogP) is 3.32. The third-order valence-electron chi connectivity index (χ3n) is 6.95. The lowest BCUT2D eigenvalue weighted by Crippen LogP contribution is -2.47. The largest absolute Gasteiger partial charge is 0.489 e. The van der Waals surface area contributed by atoms with Gasteiger partial charge >= 0.3 is 6.18 Å². The van der Waals surface area contributed by atoms with E-state index in [1.807, 2.05) is 18.7 Å². The molecule has 0 aliphatic carbocycles. The van der Waals surface area contributed by atoms with Crippen molar-refractivity contribution >= 4 is 23.3 Å². The standard InChI is InChI=1S/C27H27F3N6O4/c1-26(2)39-14-20(40-26)13-38-19-7-17(9-31-10-19)34-25(37)21-8-18-12-36(21)22-11-32-23(35-24(22)33-18)15-4-3-5-16(6-15)27(28,29)30/h3-7,9-11,18,20-21H,8,12-14H2,1-2H3,(H,34,37)(H,32,33,35)/t18-,20-,21?/m0/s1.